The van der Waals surface area contributed by atoms with Gasteiger partial charge in [-0.25, -0.2) is 4.79 Å². The second kappa shape index (κ2) is 7.54. The minimum atomic E-state index is -0.414. The van der Waals surface area contributed by atoms with Crippen LogP contribution in [0.4, 0.5) is 10.5 Å². The van der Waals surface area contributed by atoms with Gasteiger partial charge in [0.2, 0.25) is 0 Å². The number of amides is 2. The van der Waals surface area contributed by atoms with Crippen LogP contribution in [0.1, 0.15) is 33.3 Å². The van der Waals surface area contributed by atoms with Gasteiger partial charge in [-0.2, -0.15) is 0 Å². The van der Waals surface area contributed by atoms with Gasteiger partial charge in [0.15, 0.2) is 0 Å². The Labute approximate surface area is 165 Å². The van der Waals surface area contributed by atoms with Crippen molar-refractivity contribution in [2.45, 2.75) is 45.4 Å². The predicted octanol–water partition coefficient (Wildman–Crippen LogP) is 3.96. The first kappa shape index (κ1) is 19.7. The number of benzene rings is 2. The number of rotatable bonds is 4. The number of hydrogen-bond donors (Lipinski definition) is 2. The molecular formula is C20H24BClN2O3. The van der Waals surface area contributed by atoms with Crippen LogP contribution in [0, 0.1) is 0 Å². The fraction of sp³-hybridized carbons (Fsp3) is 0.350. The van der Waals surface area contributed by atoms with Crippen LogP contribution in [0.2, 0.25) is 5.02 Å². The van der Waals surface area contributed by atoms with Gasteiger partial charge in [-0.1, -0.05) is 35.9 Å². The summed E-state index contributed by atoms with van der Waals surface area (Å²) in [5.41, 5.74) is 1.84. The van der Waals surface area contributed by atoms with Crippen LogP contribution in [0.5, 0.6) is 0 Å². The molecule has 1 fully saturated rings. The first-order valence-electron chi connectivity index (χ1n) is 8.91. The number of halogens is 1. The monoisotopic (exact) mass is 386 g/mol. The van der Waals surface area contributed by atoms with E-state index in [2.05, 4.69) is 10.6 Å². The highest BCUT2D eigenvalue weighted by molar-refractivity contribution is 6.62. The van der Waals surface area contributed by atoms with Crippen molar-refractivity contribution < 1.29 is 14.1 Å². The van der Waals surface area contributed by atoms with Gasteiger partial charge in [0, 0.05) is 17.3 Å². The van der Waals surface area contributed by atoms with Crippen molar-refractivity contribution in [1.29, 1.82) is 0 Å². The molecule has 0 atom stereocenters. The molecule has 0 aromatic heterocycles. The van der Waals surface area contributed by atoms with Crippen LogP contribution in [0.3, 0.4) is 0 Å². The Balaban J connectivity index is 1.55. The summed E-state index contributed by atoms with van der Waals surface area (Å²) in [6.07, 6.45) is 0. The summed E-state index contributed by atoms with van der Waals surface area (Å²) >= 11 is 5.86. The molecule has 1 aliphatic rings. The first-order chi connectivity index (χ1) is 12.7. The minimum absolute atomic E-state index is 0.270. The molecule has 0 aliphatic carbocycles. The first-order valence-corrected chi connectivity index (χ1v) is 9.29. The number of urea groups is 1. The molecule has 2 aromatic rings. The Bertz CT molecular complexity index is 791. The zero-order chi connectivity index (χ0) is 19.7. The topological polar surface area (TPSA) is 59.6 Å². The number of carbonyl (C=O) groups excluding carboxylic acids is 1. The van der Waals surface area contributed by atoms with Crippen LogP contribution in [-0.2, 0) is 15.9 Å². The summed E-state index contributed by atoms with van der Waals surface area (Å²) in [6, 6.07) is 14.5. The van der Waals surface area contributed by atoms with Gasteiger partial charge in [0.25, 0.3) is 0 Å². The molecule has 1 saturated heterocycles. The number of carbonyl (C=O) groups is 1. The van der Waals surface area contributed by atoms with Crippen molar-refractivity contribution in [2.75, 3.05) is 5.32 Å². The van der Waals surface area contributed by atoms with E-state index in [4.69, 9.17) is 20.9 Å². The second-order valence-electron chi connectivity index (χ2n) is 7.64. The van der Waals surface area contributed by atoms with E-state index in [1.165, 1.54) is 0 Å². The maximum atomic E-state index is 12.1. The van der Waals surface area contributed by atoms with E-state index >= 15 is 0 Å². The fourth-order valence-electron chi connectivity index (χ4n) is 2.66. The van der Waals surface area contributed by atoms with Gasteiger partial charge in [-0.05, 0) is 63.0 Å². The molecule has 0 bridgehead atoms. The molecule has 3 rings (SSSR count). The Morgan fingerprint density at radius 1 is 0.963 bits per heavy atom. The molecule has 2 aromatic carbocycles. The second-order valence-corrected chi connectivity index (χ2v) is 8.08. The summed E-state index contributed by atoms with van der Waals surface area (Å²) in [7, 11) is -0.414. The highest BCUT2D eigenvalue weighted by atomic mass is 35.5. The van der Waals surface area contributed by atoms with Crippen LogP contribution in [0.25, 0.3) is 0 Å². The highest BCUT2D eigenvalue weighted by Gasteiger charge is 2.51. The van der Waals surface area contributed by atoms with Crippen molar-refractivity contribution in [2.24, 2.45) is 0 Å². The lowest BCUT2D eigenvalue weighted by atomic mass is 9.79. The van der Waals surface area contributed by atoms with Gasteiger partial charge in [-0.3, -0.25) is 0 Å². The van der Waals surface area contributed by atoms with Gasteiger partial charge in [0.05, 0.1) is 11.2 Å². The summed E-state index contributed by atoms with van der Waals surface area (Å²) in [5, 5.41) is 6.30. The molecule has 7 heteroatoms. The maximum absolute atomic E-state index is 12.1. The standard InChI is InChI=1S/C20H24BClN2O3/c1-19(2)20(3,4)27-21(26-19)15-7-11-17(12-8-15)24-18(25)23-13-14-5-9-16(22)10-6-14/h5-12H,13H2,1-4H3,(H2,23,24,25). The quantitative estimate of drug-likeness (QED) is 0.782. The SMILES string of the molecule is CC1(C)OB(c2ccc(NC(=O)NCc3ccc(Cl)cc3)cc2)OC1(C)C. The lowest BCUT2D eigenvalue weighted by Crippen LogP contribution is -2.41. The molecular weight excluding hydrogens is 362 g/mol. The van der Waals surface area contributed by atoms with E-state index in [0.29, 0.717) is 17.3 Å². The summed E-state index contributed by atoms with van der Waals surface area (Å²) in [4.78, 5) is 12.1. The van der Waals surface area contributed by atoms with E-state index in [9.17, 15) is 4.79 Å². The van der Waals surface area contributed by atoms with Crippen LogP contribution in [-0.4, -0.2) is 24.4 Å². The van der Waals surface area contributed by atoms with Crippen molar-refractivity contribution in [3.05, 3.63) is 59.1 Å². The molecule has 2 N–H and O–H groups in total. The Morgan fingerprint density at radius 3 is 2.07 bits per heavy atom. The highest BCUT2D eigenvalue weighted by Crippen LogP contribution is 2.36. The van der Waals surface area contributed by atoms with Crippen molar-refractivity contribution in [1.82, 2.24) is 5.32 Å². The number of anilines is 1. The third-order valence-electron chi connectivity index (χ3n) is 5.06. The van der Waals surface area contributed by atoms with Gasteiger partial charge >= 0.3 is 13.1 Å². The summed E-state index contributed by atoms with van der Waals surface area (Å²) < 4.78 is 12.1. The third-order valence-corrected chi connectivity index (χ3v) is 5.31. The van der Waals surface area contributed by atoms with Crippen molar-refractivity contribution >= 4 is 35.9 Å². The van der Waals surface area contributed by atoms with E-state index in [-0.39, 0.29) is 17.2 Å². The average molecular weight is 387 g/mol. The molecule has 0 spiro atoms. The Hall–Kier alpha value is -2.02. The van der Waals surface area contributed by atoms with Gasteiger partial charge in [0.1, 0.15) is 0 Å². The molecule has 142 valence electrons. The molecule has 1 heterocycles. The number of nitrogens with one attached hydrogen (secondary N) is 2. The maximum Gasteiger partial charge on any atom is 0.494 e. The molecule has 27 heavy (non-hydrogen) atoms. The third kappa shape index (κ3) is 4.64. The smallest absolute Gasteiger partial charge is 0.399 e. The normalized spacial score (nSPS) is 17.6. The largest absolute Gasteiger partial charge is 0.494 e. The molecule has 0 unspecified atom stereocenters. The molecule has 5 nitrogen and oxygen atoms in total. The van der Waals surface area contributed by atoms with Crippen LogP contribution in [0.15, 0.2) is 48.5 Å². The average Bonchev–Trinajstić information content (AvgIpc) is 2.83. The van der Waals surface area contributed by atoms with Gasteiger partial charge < -0.3 is 19.9 Å². The lowest BCUT2D eigenvalue weighted by Gasteiger charge is -2.32. The Morgan fingerprint density at radius 2 is 1.52 bits per heavy atom. The zero-order valence-electron chi connectivity index (χ0n) is 16.0. The molecule has 0 saturated carbocycles. The lowest BCUT2D eigenvalue weighted by molar-refractivity contribution is 0.00578. The van der Waals surface area contributed by atoms with E-state index in [1.807, 2.05) is 64.1 Å². The zero-order valence-corrected chi connectivity index (χ0v) is 16.8. The molecule has 2 amide bonds. The Kier molecular flexibility index (Phi) is 5.51. The fourth-order valence-corrected chi connectivity index (χ4v) is 2.79. The molecule has 0 radical (unpaired) electrons. The van der Waals surface area contributed by atoms with Crippen molar-refractivity contribution in [3.63, 3.8) is 0 Å². The van der Waals surface area contributed by atoms with E-state index < -0.39 is 7.12 Å². The van der Waals surface area contributed by atoms with Crippen molar-refractivity contribution in [3.8, 4) is 0 Å². The minimum Gasteiger partial charge on any atom is -0.399 e. The summed E-state index contributed by atoms with van der Waals surface area (Å²) in [5.74, 6) is 0. The summed E-state index contributed by atoms with van der Waals surface area (Å²) in [6.45, 7) is 8.51. The van der Waals surface area contributed by atoms with E-state index in [0.717, 1.165) is 11.0 Å². The number of hydrogen-bond acceptors (Lipinski definition) is 3. The van der Waals surface area contributed by atoms with Gasteiger partial charge in [-0.15, -0.1) is 0 Å². The van der Waals surface area contributed by atoms with E-state index in [1.54, 1.807) is 12.1 Å². The molecule has 1 aliphatic heterocycles. The van der Waals surface area contributed by atoms with Crippen LogP contribution < -0.4 is 16.1 Å². The predicted molar refractivity (Wildman–Crippen MR) is 109 cm³/mol. The van der Waals surface area contributed by atoms with Crippen LogP contribution >= 0.6 is 11.6 Å².